The number of nitrogens with zero attached hydrogens (tertiary/aromatic N) is 1. The molecule has 4 aliphatic rings. The summed E-state index contributed by atoms with van der Waals surface area (Å²) >= 11 is 0. The van der Waals surface area contributed by atoms with Gasteiger partial charge in [-0.15, -0.1) is 0 Å². The van der Waals surface area contributed by atoms with Crippen LogP contribution in [0.4, 0.5) is 0 Å². The quantitative estimate of drug-likeness (QED) is 0.500. The topological polar surface area (TPSA) is 3.24 Å². The van der Waals surface area contributed by atoms with Gasteiger partial charge in [0.2, 0.25) is 0 Å². The molecule has 0 radical (unpaired) electrons. The van der Waals surface area contributed by atoms with Crippen LogP contribution < -0.4 is 0 Å². The van der Waals surface area contributed by atoms with Crippen LogP contribution in [0.2, 0.25) is 0 Å². The Morgan fingerprint density at radius 3 is 1.30 bits per heavy atom. The third-order valence-corrected chi connectivity index (χ3v) is 9.36. The van der Waals surface area contributed by atoms with Crippen LogP contribution in [-0.2, 0) is 17.6 Å². The van der Waals surface area contributed by atoms with Crippen molar-refractivity contribution >= 4 is 0 Å². The second-order valence-electron chi connectivity index (χ2n) is 10.0. The standard InChI is InChI=1S/C29H29N/c1-4-10-21(11-5-1)20-30-28(22-12-6-2-7-13-22)24-16-17-25(28)27-19-18-26(24)29(27,30)23-14-8-3-9-15-23/h1-15,24-27H,16-20H2. The van der Waals surface area contributed by atoms with Gasteiger partial charge in [0, 0.05) is 6.54 Å². The fraction of sp³-hybridized carbons (Fsp3) is 0.379. The molecule has 0 amide bonds. The minimum Gasteiger partial charge on any atom is -0.278 e. The Hall–Kier alpha value is -2.38. The van der Waals surface area contributed by atoms with Gasteiger partial charge in [-0.25, -0.2) is 0 Å². The Kier molecular flexibility index (Phi) is 3.51. The van der Waals surface area contributed by atoms with E-state index in [1.165, 1.54) is 31.2 Å². The van der Waals surface area contributed by atoms with Crippen LogP contribution in [0.25, 0.3) is 0 Å². The number of hydrogen-bond acceptors (Lipinski definition) is 1. The normalized spacial score (nSPS) is 38.4. The van der Waals surface area contributed by atoms with Gasteiger partial charge in [0.25, 0.3) is 0 Å². The lowest BCUT2D eigenvalue weighted by atomic mass is 9.62. The number of rotatable bonds is 4. The van der Waals surface area contributed by atoms with Crippen molar-refractivity contribution < 1.29 is 0 Å². The lowest BCUT2D eigenvalue weighted by Crippen LogP contribution is -2.46. The zero-order valence-corrected chi connectivity index (χ0v) is 17.5. The zero-order valence-electron chi connectivity index (χ0n) is 17.5. The Labute approximate surface area is 179 Å². The molecule has 0 aromatic heterocycles. The molecule has 4 atom stereocenters. The van der Waals surface area contributed by atoms with Crippen molar-refractivity contribution in [3.63, 3.8) is 0 Å². The highest BCUT2D eigenvalue weighted by atomic mass is 15.4. The van der Waals surface area contributed by atoms with E-state index in [1.807, 2.05) is 0 Å². The summed E-state index contributed by atoms with van der Waals surface area (Å²) in [5, 5.41) is 0. The van der Waals surface area contributed by atoms with Crippen LogP contribution in [0.1, 0.15) is 42.4 Å². The van der Waals surface area contributed by atoms with Crippen molar-refractivity contribution in [2.24, 2.45) is 23.7 Å². The summed E-state index contributed by atoms with van der Waals surface area (Å²) in [6, 6.07) is 34.4. The molecule has 2 bridgehead atoms. The lowest BCUT2D eigenvalue weighted by Gasteiger charge is -2.42. The maximum atomic E-state index is 3.03. The van der Waals surface area contributed by atoms with Crippen molar-refractivity contribution in [3.05, 3.63) is 108 Å². The van der Waals surface area contributed by atoms with E-state index in [-0.39, 0.29) is 11.1 Å². The van der Waals surface area contributed by atoms with Gasteiger partial charge in [-0.1, -0.05) is 91.0 Å². The van der Waals surface area contributed by atoms with Gasteiger partial charge in [-0.2, -0.15) is 0 Å². The summed E-state index contributed by atoms with van der Waals surface area (Å²) in [4.78, 5) is 3.03. The molecule has 1 heteroatoms. The molecule has 150 valence electrons. The summed E-state index contributed by atoms with van der Waals surface area (Å²) in [6.07, 6.45) is 5.61. The molecular weight excluding hydrogens is 362 g/mol. The molecule has 0 N–H and O–H groups in total. The van der Waals surface area contributed by atoms with Gasteiger partial charge < -0.3 is 0 Å². The van der Waals surface area contributed by atoms with E-state index >= 15 is 0 Å². The van der Waals surface area contributed by atoms with Crippen LogP contribution >= 0.6 is 0 Å². The lowest BCUT2D eigenvalue weighted by molar-refractivity contribution is 0.0610. The smallest absolute Gasteiger partial charge is 0.0536 e. The maximum Gasteiger partial charge on any atom is 0.0536 e. The first-order valence-corrected chi connectivity index (χ1v) is 11.8. The van der Waals surface area contributed by atoms with E-state index in [2.05, 4.69) is 95.9 Å². The SMILES string of the molecule is c1ccc(CN2C3(c4ccccc4)C4CCC3C3CCC4C32c2ccccc2)cc1. The Morgan fingerprint density at radius 2 is 0.900 bits per heavy atom. The van der Waals surface area contributed by atoms with Gasteiger partial charge in [-0.3, -0.25) is 4.90 Å². The van der Waals surface area contributed by atoms with E-state index in [9.17, 15) is 0 Å². The van der Waals surface area contributed by atoms with Crippen molar-refractivity contribution in [1.29, 1.82) is 0 Å². The average Bonchev–Trinajstić information content (AvgIpc) is 3.42. The van der Waals surface area contributed by atoms with E-state index < -0.39 is 0 Å². The molecule has 1 nitrogen and oxygen atoms in total. The van der Waals surface area contributed by atoms with Gasteiger partial charge in [-0.05, 0) is 66.0 Å². The molecule has 3 aromatic carbocycles. The molecule has 4 unspecified atom stereocenters. The van der Waals surface area contributed by atoms with Crippen LogP contribution in [-0.4, -0.2) is 4.90 Å². The van der Waals surface area contributed by atoms with E-state index in [4.69, 9.17) is 0 Å². The molecular formula is C29H29N. The first kappa shape index (κ1) is 17.3. The molecule has 2 aliphatic carbocycles. The fourth-order valence-electron chi connectivity index (χ4n) is 8.89. The van der Waals surface area contributed by atoms with Crippen molar-refractivity contribution in [2.45, 2.75) is 43.3 Å². The largest absolute Gasteiger partial charge is 0.278 e. The predicted molar refractivity (Wildman–Crippen MR) is 121 cm³/mol. The third kappa shape index (κ3) is 1.85. The molecule has 2 aliphatic heterocycles. The Morgan fingerprint density at radius 1 is 0.533 bits per heavy atom. The number of hydrogen-bond donors (Lipinski definition) is 0. The van der Waals surface area contributed by atoms with Crippen molar-refractivity contribution in [1.82, 2.24) is 4.90 Å². The third-order valence-electron chi connectivity index (χ3n) is 9.36. The number of benzene rings is 3. The minimum atomic E-state index is 0.207. The van der Waals surface area contributed by atoms with Crippen LogP contribution in [0.15, 0.2) is 91.0 Å². The molecule has 2 heterocycles. The second-order valence-corrected chi connectivity index (χ2v) is 10.0. The molecule has 4 fully saturated rings. The van der Waals surface area contributed by atoms with Crippen molar-refractivity contribution in [3.8, 4) is 0 Å². The van der Waals surface area contributed by atoms with Gasteiger partial charge >= 0.3 is 0 Å². The summed E-state index contributed by atoms with van der Waals surface area (Å²) in [6.45, 7) is 1.06. The van der Waals surface area contributed by atoms with Crippen LogP contribution in [0.3, 0.4) is 0 Å². The molecule has 2 saturated heterocycles. The number of fused-ring (bicyclic) bond motifs is 2. The Bertz CT molecular complexity index is 970. The first-order valence-electron chi connectivity index (χ1n) is 11.8. The van der Waals surface area contributed by atoms with Gasteiger partial charge in [0.15, 0.2) is 0 Å². The van der Waals surface area contributed by atoms with E-state index in [1.54, 1.807) is 11.1 Å². The van der Waals surface area contributed by atoms with Gasteiger partial charge in [0.1, 0.15) is 0 Å². The fourth-order valence-corrected chi connectivity index (χ4v) is 8.89. The molecule has 30 heavy (non-hydrogen) atoms. The maximum absolute atomic E-state index is 3.03. The van der Waals surface area contributed by atoms with E-state index in [0.717, 1.165) is 30.2 Å². The van der Waals surface area contributed by atoms with Crippen molar-refractivity contribution in [2.75, 3.05) is 0 Å². The predicted octanol–water partition coefficient (Wildman–Crippen LogP) is 6.36. The summed E-state index contributed by atoms with van der Waals surface area (Å²) < 4.78 is 0. The second kappa shape index (κ2) is 6.08. The molecule has 3 aromatic rings. The van der Waals surface area contributed by atoms with Gasteiger partial charge in [0.05, 0.1) is 11.1 Å². The zero-order chi connectivity index (χ0) is 19.8. The summed E-state index contributed by atoms with van der Waals surface area (Å²) in [5.41, 5.74) is 5.04. The summed E-state index contributed by atoms with van der Waals surface area (Å²) in [7, 11) is 0. The Balaban J connectivity index is 1.51. The monoisotopic (exact) mass is 391 g/mol. The highest BCUT2D eigenvalue weighted by Crippen LogP contribution is 2.81. The highest BCUT2D eigenvalue weighted by Gasteiger charge is 2.82. The molecule has 7 rings (SSSR count). The summed E-state index contributed by atoms with van der Waals surface area (Å²) in [5.74, 6) is 3.14. The average molecular weight is 392 g/mol. The highest BCUT2D eigenvalue weighted by molar-refractivity contribution is 5.46. The first-order chi connectivity index (χ1) is 14.9. The minimum absolute atomic E-state index is 0.207. The van der Waals surface area contributed by atoms with Crippen LogP contribution in [0.5, 0.6) is 0 Å². The molecule has 2 saturated carbocycles. The van der Waals surface area contributed by atoms with Crippen LogP contribution in [0, 0.1) is 23.7 Å². The van der Waals surface area contributed by atoms with E-state index in [0.29, 0.717) is 0 Å². The molecule has 0 spiro atoms.